The Bertz CT molecular complexity index is 248. The molecule has 1 heterocycles. The summed E-state index contributed by atoms with van der Waals surface area (Å²) in [6.07, 6.45) is 4.77. The molecule has 1 rings (SSSR count). The fourth-order valence-electron chi connectivity index (χ4n) is 1.08. The van der Waals surface area contributed by atoms with Crippen LogP contribution in [0, 0.1) is 0 Å². The molecule has 1 aromatic heterocycles. The lowest BCUT2D eigenvalue weighted by Gasteiger charge is -2.00. The summed E-state index contributed by atoms with van der Waals surface area (Å²) in [6.45, 7) is 3.60. The molecule has 0 aromatic carbocycles. The van der Waals surface area contributed by atoms with Crippen molar-refractivity contribution in [1.29, 1.82) is 0 Å². The number of hydrogen-bond donors (Lipinski definition) is 0. The third-order valence-electron chi connectivity index (χ3n) is 1.85. The molecule has 1 unspecified atom stereocenters. The predicted molar refractivity (Wildman–Crippen MR) is 53.0 cm³/mol. The van der Waals surface area contributed by atoms with Crippen LogP contribution in [-0.4, -0.2) is 23.5 Å². The fourth-order valence-corrected chi connectivity index (χ4v) is 1.19. The molecule has 0 fully saturated rings. The molecular formula is C9H15ClN2O. The first-order valence-corrected chi connectivity index (χ1v) is 4.83. The molecular weight excluding hydrogens is 188 g/mol. The van der Waals surface area contributed by atoms with Gasteiger partial charge in [-0.2, -0.15) is 5.10 Å². The Morgan fingerprint density at radius 2 is 2.46 bits per heavy atom. The predicted octanol–water partition coefficient (Wildman–Crippen LogP) is 2.22. The Morgan fingerprint density at radius 3 is 3.00 bits per heavy atom. The van der Waals surface area contributed by atoms with Crippen molar-refractivity contribution in [3.63, 3.8) is 0 Å². The highest BCUT2D eigenvalue weighted by Gasteiger charge is 2.03. The molecule has 1 aromatic rings. The number of halogens is 1. The smallest absolute Gasteiger partial charge is 0.0588 e. The van der Waals surface area contributed by atoms with Gasteiger partial charge >= 0.3 is 0 Å². The number of aryl methyl sites for hydroxylation is 1. The lowest BCUT2D eigenvalue weighted by molar-refractivity contribution is 0.189. The topological polar surface area (TPSA) is 27.1 Å². The number of aromatic nitrogens is 2. The fraction of sp³-hybridized carbons (Fsp3) is 0.667. The van der Waals surface area contributed by atoms with Crippen molar-refractivity contribution in [1.82, 2.24) is 9.78 Å². The van der Waals surface area contributed by atoms with Crippen LogP contribution in [0.25, 0.3) is 0 Å². The van der Waals surface area contributed by atoms with Crippen LogP contribution in [0.4, 0.5) is 0 Å². The summed E-state index contributed by atoms with van der Waals surface area (Å²) >= 11 is 5.90. The maximum atomic E-state index is 5.90. The van der Waals surface area contributed by atoms with Gasteiger partial charge in [0, 0.05) is 32.0 Å². The van der Waals surface area contributed by atoms with Crippen molar-refractivity contribution in [3.8, 4) is 0 Å². The van der Waals surface area contributed by atoms with Crippen molar-refractivity contribution >= 4 is 11.6 Å². The van der Waals surface area contributed by atoms with Gasteiger partial charge in [0.15, 0.2) is 0 Å². The highest BCUT2D eigenvalue weighted by molar-refractivity contribution is 6.20. The maximum Gasteiger partial charge on any atom is 0.0588 e. The van der Waals surface area contributed by atoms with Gasteiger partial charge in [0.2, 0.25) is 0 Å². The molecule has 0 N–H and O–H groups in total. The van der Waals surface area contributed by atoms with Crippen LogP contribution in [0.2, 0.25) is 0 Å². The lowest BCUT2D eigenvalue weighted by Crippen LogP contribution is -2.01. The normalized spacial score (nSPS) is 13.2. The van der Waals surface area contributed by atoms with Crippen molar-refractivity contribution in [3.05, 3.63) is 18.0 Å². The van der Waals surface area contributed by atoms with Gasteiger partial charge < -0.3 is 4.74 Å². The van der Waals surface area contributed by atoms with Gasteiger partial charge in [-0.05, 0) is 13.3 Å². The van der Waals surface area contributed by atoms with Gasteiger partial charge in [-0.15, -0.1) is 11.6 Å². The molecule has 0 aliphatic rings. The van der Waals surface area contributed by atoms with Gasteiger partial charge in [0.1, 0.15) is 0 Å². The van der Waals surface area contributed by atoms with E-state index in [-0.39, 0.29) is 5.38 Å². The molecule has 0 saturated heterocycles. The van der Waals surface area contributed by atoms with E-state index in [1.807, 2.05) is 24.0 Å². The highest BCUT2D eigenvalue weighted by atomic mass is 35.5. The lowest BCUT2D eigenvalue weighted by atomic mass is 10.3. The Balaban J connectivity index is 2.40. The zero-order chi connectivity index (χ0) is 9.68. The number of hydrogen-bond acceptors (Lipinski definition) is 2. The standard InChI is InChI=1S/C9H15ClN2O/c1-8(10)9-6-11-12(7-9)4-3-5-13-2/h6-8H,3-5H2,1-2H3. The van der Waals surface area contributed by atoms with E-state index in [1.165, 1.54) is 0 Å². The maximum absolute atomic E-state index is 5.90. The van der Waals surface area contributed by atoms with Crippen LogP contribution in [0.5, 0.6) is 0 Å². The Labute approximate surface area is 83.6 Å². The van der Waals surface area contributed by atoms with Gasteiger partial charge in [-0.3, -0.25) is 4.68 Å². The van der Waals surface area contributed by atoms with E-state index in [2.05, 4.69) is 5.10 Å². The number of nitrogens with zero attached hydrogens (tertiary/aromatic N) is 2. The number of rotatable bonds is 5. The number of alkyl halides is 1. The second kappa shape index (κ2) is 5.25. The first-order chi connectivity index (χ1) is 6.24. The monoisotopic (exact) mass is 202 g/mol. The SMILES string of the molecule is COCCCn1cc(C(C)Cl)cn1. The van der Waals surface area contributed by atoms with E-state index in [9.17, 15) is 0 Å². The van der Waals surface area contributed by atoms with E-state index >= 15 is 0 Å². The van der Waals surface area contributed by atoms with Gasteiger partial charge in [-0.1, -0.05) is 0 Å². The van der Waals surface area contributed by atoms with Crippen molar-refractivity contribution in [2.45, 2.75) is 25.3 Å². The summed E-state index contributed by atoms with van der Waals surface area (Å²) in [4.78, 5) is 0. The Hall–Kier alpha value is -0.540. The molecule has 0 bridgehead atoms. The van der Waals surface area contributed by atoms with E-state index in [0.717, 1.165) is 25.1 Å². The summed E-state index contributed by atoms with van der Waals surface area (Å²) in [6, 6.07) is 0. The second-order valence-electron chi connectivity index (χ2n) is 3.00. The average Bonchev–Trinajstić information content (AvgIpc) is 2.53. The Kier molecular flexibility index (Phi) is 4.25. The van der Waals surface area contributed by atoms with Crippen LogP contribution in [0.15, 0.2) is 12.4 Å². The summed E-state index contributed by atoms with van der Waals surface area (Å²) < 4.78 is 6.85. The van der Waals surface area contributed by atoms with E-state index in [0.29, 0.717) is 0 Å². The van der Waals surface area contributed by atoms with E-state index < -0.39 is 0 Å². The van der Waals surface area contributed by atoms with Gasteiger partial charge in [0.05, 0.1) is 11.6 Å². The molecule has 3 nitrogen and oxygen atoms in total. The van der Waals surface area contributed by atoms with Crippen LogP contribution in [0.1, 0.15) is 24.3 Å². The van der Waals surface area contributed by atoms with Crippen molar-refractivity contribution < 1.29 is 4.74 Å². The summed E-state index contributed by atoms with van der Waals surface area (Å²) in [5, 5.41) is 4.22. The minimum atomic E-state index is 0.0381. The molecule has 74 valence electrons. The van der Waals surface area contributed by atoms with Crippen LogP contribution in [0.3, 0.4) is 0 Å². The molecule has 0 spiro atoms. The molecule has 0 radical (unpaired) electrons. The Morgan fingerprint density at radius 1 is 1.69 bits per heavy atom. The van der Waals surface area contributed by atoms with Crippen LogP contribution >= 0.6 is 11.6 Å². The summed E-state index contributed by atoms with van der Waals surface area (Å²) in [7, 11) is 1.70. The second-order valence-corrected chi connectivity index (χ2v) is 3.65. The van der Waals surface area contributed by atoms with Crippen LogP contribution < -0.4 is 0 Å². The minimum absolute atomic E-state index is 0.0381. The average molecular weight is 203 g/mol. The molecule has 4 heteroatoms. The summed E-state index contributed by atoms with van der Waals surface area (Å²) in [5.74, 6) is 0. The third-order valence-corrected chi connectivity index (χ3v) is 2.10. The van der Waals surface area contributed by atoms with E-state index in [1.54, 1.807) is 7.11 Å². The summed E-state index contributed by atoms with van der Waals surface area (Å²) in [5.41, 5.74) is 1.07. The highest BCUT2D eigenvalue weighted by Crippen LogP contribution is 2.17. The molecule has 0 amide bonds. The van der Waals surface area contributed by atoms with Gasteiger partial charge in [-0.25, -0.2) is 0 Å². The molecule has 0 saturated carbocycles. The molecule has 1 atom stereocenters. The zero-order valence-electron chi connectivity index (χ0n) is 8.03. The van der Waals surface area contributed by atoms with Crippen molar-refractivity contribution in [2.75, 3.05) is 13.7 Å². The first-order valence-electron chi connectivity index (χ1n) is 4.39. The quantitative estimate of drug-likeness (QED) is 0.541. The third kappa shape index (κ3) is 3.36. The largest absolute Gasteiger partial charge is 0.385 e. The first kappa shape index (κ1) is 10.5. The molecule has 0 aliphatic carbocycles. The number of ether oxygens (including phenoxy) is 1. The van der Waals surface area contributed by atoms with Crippen LogP contribution in [-0.2, 0) is 11.3 Å². The van der Waals surface area contributed by atoms with Gasteiger partial charge in [0.25, 0.3) is 0 Å². The minimum Gasteiger partial charge on any atom is -0.385 e. The van der Waals surface area contributed by atoms with Crippen molar-refractivity contribution in [2.24, 2.45) is 0 Å². The molecule has 0 aliphatic heterocycles. The number of methoxy groups -OCH3 is 1. The van der Waals surface area contributed by atoms with E-state index in [4.69, 9.17) is 16.3 Å². The zero-order valence-corrected chi connectivity index (χ0v) is 8.79. The molecule has 13 heavy (non-hydrogen) atoms.